The third kappa shape index (κ3) is 4.30. The van der Waals surface area contributed by atoms with Gasteiger partial charge in [-0.1, -0.05) is 41.9 Å². The van der Waals surface area contributed by atoms with Crippen molar-refractivity contribution in [1.29, 1.82) is 0 Å². The monoisotopic (exact) mass is 324 g/mol. The van der Waals surface area contributed by atoms with E-state index in [0.29, 0.717) is 11.5 Å². The van der Waals surface area contributed by atoms with Gasteiger partial charge in [-0.05, 0) is 56.1 Å². The van der Waals surface area contributed by atoms with Crippen LogP contribution in [-0.2, 0) is 0 Å². The van der Waals surface area contributed by atoms with E-state index >= 15 is 0 Å². The summed E-state index contributed by atoms with van der Waals surface area (Å²) in [5.41, 5.74) is 1.88. The third-order valence-corrected chi connectivity index (χ3v) is 4.58. The van der Waals surface area contributed by atoms with Crippen LogP contribution in [0.3, 0.4) is 0 Å². The Morgan fingerprint density at radius 1 is 1.42 bits per heavy atom. The Morgan fingerprint density at radius 2 is 2.21 bits per heavy atom. The molecule has 0 aromatic heterocycles. The molecule has 0 amide bonds. The quantitative estimate of drug-likeness (QED) is 0.885. The fraction of sp³-hybridized carbons (Fsp3) is 0.625. The average molecular weight is 325 g/mol. The maximum Gasteiger partial charge on any atom is 0.0330 e. The minimum absolute atomic E-state index is 0.446. The Kier molecular flexibility index (Phi) is 5.04. The van der Waals surface area contributed by atoms with Crippen LogP contribution in [0.2, 0.25) is 0 Å². The molecule has 3 heteroatoms. The lowest BCUT2D eigenvalue weighted by Gasteiger charge is -2.23. The summed E-state index contributed by atoms with van der Waals surface area (Å²) in [6, 6.07) is 9.07. The molecule has 1 aliphatic rings. The Morgan fingerprint density at radius 3 is 2.79 bits per heavy atom. The van der Waals surface area contributed by atoms with Crippen LogP contribution in [-0.4, -0.2) is 31.6 Å². The van der Waals surface area contributed by atoms with E-state index in [2.05, 4.69) is 71.3 Å². The van der Waals surface area contributed by atoms with Gasteiger partial charge in [0.2, 0.25) is 0 Å². The van der Waals surface area contributed by atoms with Gasteiger partial charge in [0.1, 0.15) is 0 Å². The summed E-state index contributed by atoms with van der Waals surface area (Å²) in [4.78, 5) is 2.60. The number of benzene rings is 1. The van der Waals surface area contributed by atoms with Crippen LogP contribution in [0.15, 0.2) is 28.7 Å². The number of rotatable bonds is 5. The van der Waals surface area contributed by atoms with Crippen LogP contribution < -0.4 is 5.32 Å². The maximum absolute atomic E-state index is 3.55. The fourth-order valence-electron chi connectivity index (χ4n) is 2.93. The van der Waals surface area contributed by atoms with Gasteiger partial charge < -0.3 is 10.2 Å². The zero-order chi connectivity index (χ0) is 13.9. The highest BCUT2D eigenvalue weighted by Crippen LogP contribution is 2.29. The summed E-state index contributed by atoms with van der Waals surface area (Å²) in [7, 11) is 2.06. The molecule has 0 aliphatic carbocycles. The molecule has 1 N–H and O–H groups in total. The summed E-state index contributed by atoms with van der Waals surface area (Å²) in [5.74, 6) is 0. The van der Waals surface area contributed by atoms with Crippen molar-refractivity contribution in [3.8, 4) is 0 Å². The number of hydrogen-bond acceptors (Lipinski definition) is 2. The summed E-state index contributed by atoms with van der Waals surface area (Å²) in [5, 5.41) is 3.44. The molecule has 1 heterocycles. The normalized spacial score (nSPS) is 20.6. The molecule has 1 atom stereocenters. The highest BCUT2D eigenvalue weighted by atomic mass is 79.9. The van der Waals surface area contributed by atoms with E-state index in [1.54, 1.807) is 0 Å². The minimum atomic E-state index is 0.446. The van der Waals surface area contributed by atoms with E-state index < -0.39 is 0 Å². The van der Waals surface area contributed by atoms with Crippen molar-refractivity contribution < 1.29 is 0 Å². The van der Waals surface area contributed by atoms with Gasteiger partial charge in [0.25, 0.3) is 0 Å². The summed E-state index contributed by atoms with van der Waals surface area (Å²) in [6.07, 6.45) is 2.50. The zero-order valence-corrected chi connectivity index (χ0v) is 13.8. The second-order valence-corrected chi connectivity index (χ2v) is 7.29. The number of hydrogen-bond donors (Lipinski definition) is 1. The van der Waals surface area contributed by atoms with Crippen molar-refractivity contribution in [2.24, 2.45) is 5.41 Å². The fourth-order valence-corrected chi connectivity index (χ4v) is 3.34. The molecule has 1 fully saturated rings. The molecule has 1 aromatic carbocycles. The first-order chi connectivity index (χ1) is 9.00. The van der Waals surface area contributed by atoms with Crippen LogP contribution >= 0.6 is 15.9 Å². The molecular weight excluding hydrogens is 300 g/mol. The van der Waals surface area contributed by atoms with E-state index in [0.717, 1.165) is 4.47 Å². The maximum atomic E-state index is 3.55. The Hall–Kier alpha value is -0.380. The molecule has 1 unspecified atom stereocenters. The Balaban J connectivity index is 1.90. The predicted octanol–water partition coefficient (Wildman–Crippen LogP) is 3.83. The van der Waals surface area contributed by atoms with Gasteiger partial charge in [-0.3, -0.25) is 0 Å². The van der Waals surface area contributed by atoms with E-state index in [4.69, 9.17) is 0 Å². The first-order valence-electron chi connectivity index (χ1n) is 7.15. The van der Waals surface area contributed by atoms with E-state index in [-0.39, 0.29) is 0 Å². The first kappa shape index (κ1) is 15.0. The molecule has 0 saturated carbocycles. The standard InChI is InChI=1S/C16H25BrN2/c1-16(2)8-10-19(12-16)9-7-15(18-3)13-5-4-6-14(17)11-13/h4-6,11,15,18H,7-10,12H2,1-3H3. The first-order valence-corrected chi connectivity index (χ1v) is 7.94. The Bertz CT molecular complexity index is 417. The lowest BCUT2D eigenvalue weighted by atomic mass is 9.93. The molecular formula is C16H25BrN2. The van der Waals surface area contributed by atoms with Gasteiger partial charge in [0.05, 0.1) is 0 Å². The molecule has 0 bridgehead atoms. The van der Waals surface area contributed by atoms with Crippen LogP contribution in [0.5, 0.6) is 0 Å². The SMILES string of the molecule is CNC(CCN1CCC(C)(C)C1)c1cccc(Br)c1. The van der Waals surface area contributed by atoms with Crippen LogP contribution in [0.1, 0.15) is 38.3 Å². The topological polar surface area (TPSA) is 15.3 Å². The van der Waals surface area contributed by atoms with E-state index in [9.17, 15) is 0 Å². The van der Waals surface area contributed by atoms with Gasteiger partial charge in [-0.25, -0.2) is 0 Å². The largest absolute Gasteiger partial charge is 0.313 e. The molecule has 19 heavy (non-hydrogen) atoms. The average Bonchev–Trinajstić information content (AvgIpc) is 2.70. The second-order valence-electron chi connectivity index (χ2n) is 6.38. The van der Waals surface area contributed by atoms with Gasteiger partial charge in [-0.15, -0.1) is 0 Å². The van der Waals surface area contributed by atoms with Crippen molar-refractivity contribution in [1.82, 2.24) is 10.2 Å². The van der Waals surface area contributed by atoms with Gasteiger partial charge in [0.15, 0.2) is 0 Å². The van der Waals surface area contributed by atoms with Crippen molar-refractivity contribution in [3.63, 3.8) is 0 Å². The summed E-state index contributed by atoms with van der Waals surface area (Å²) >= 11 is 3.55. The highest BCUT2D eigenvalue weighted by Gasteiger charge is 2.29. The van der Waals surface area contributed by atoms with E-state index in [1.807, 2.05) is 0 Å². The summed E-state index contributed by atoms with van der Waals surface area (Å²) in [6.45, 7) is 8.42. The van der Waals surface area contributed by atoms with Crippen molar-refractivity contribution in [3.05, 3.63) is 34.3 Å². The van der Waals surface area contributed by atoms with Crippen molar-refractivity contribution in [2.75, 3.05) is 26.7 Å². The van der Waals surface area contributed by atoms with Gasteiger partial charge in [0, 0.05) is 17.1 Å². The number of nitrogens with one attached hydrogen (secondary N) is 1. The molecule has 2 nitrogen and oxygen atoms in total. The smallest absolute Gasteiger partial charge is 0.0330 e. The predicted molar refractivity (Wildman–Crippen MR) is 85.4 cm³/mol. The molecule has 2 rings (SSSR count). The molecule has 1 aliphatic heterocycles. The van der Waals surface area contributed by atoms with Crippen LogP contribution in [0.4, 0.5) is 0 Å². The lowest BCUT2D eigenvalue weighted by molar-refractivity contribution is 0.276. The van der Waals surface area contributed by atoms with Crippen LogP contribution in [0.25, 0.3) is 0 Å². The van der Waals surface area contributed by atoms with Crippen molar-refractivity contribution in [2.45, 2.75) is 32.7 Å². The third-order valence-electron chi connectivity index (χ3n) is 4.09. The van der Waals surface area contributed by atoms with Gasteiger partial charge in [-0.2, -0.15) is 0 Å². The number of halogens is 1. The second kappa shape index (κ2) is 6.38. The van der Waals surface area contributed by atoms with Gasteiger partial charge >= 0.3 is 0 Å². The Labute approximate surface area is 125 Å². The number of likely N-dealkylation sites (tertiary alicyclic amines) is 1. The summed E-state index contributed by atoms with van der Waals surface area (Å²) < 4.78 is 1.16. The number of nitrogens with zero attached hydrogens (tertiary/aromatic N) is 1. The molecule has 1 aromatic rings. The zero-order valence-electron chi connectivity index (χ0n) is 12.2. The lowest BCUT2D eigenvalue weighted by Crippen LogP contribution is -2.28. The molecule has 1 saturated heterocycles. The molecule has 0 spiro atoms. The molecule has 0 radical (unpaired) electrons. The molecule has 106 valence electrons. The highest BCUT2D eigenvalue weighted by molar-refractivity contribution is 9.10. The van der Waals surface area contributed by atoms with E-state index in [1.165, 1.54) is 38.0 Å². The minimum Gasteiger partial charge on any atom is -0.313 e. The van der Waals surface area contributed by atoms with Crippen molar-refractivity contribution >= 4 is 15.9 Å². The van der Waals surface area contributed by atoms with Crippen LogP contribution in [0, 0.1) is 5.41 Å².